The van der Waals surface area contributed by atoms with E-state index in [1.54, 1.807) is 11.8 Å². The first-order chi connectivity index (χ1) is 13.1. The predicted molar refractivity (Wildman–Crippen MR) is 112 cm³/mol. The lowest BCUT2D eigenvalue weighted by atomic mass is 10.1. The minimum Gasteiger partial charge on any atom is -0.356 e. The number of fused-ring (bicyclic) bond motifs is 1. The van der Waals surface area contributed by atoms with E-state index in [0.717, 1.165) is 15.1 Å². The van der Waals surface area contributed by atoms with E-state index in [0.29, 0.717) is 38.9 Å². The summed E-state index contributed by atoms with van der Waals surface area (Å²) >= 11 is 5.08. The van der Waals surface area contributed by atoms with Crippen LogP contribution < -0.4 is 5.32 Å². The van der Waals surface area contributed by atoms with Crippen LogP contribution in [0.25, 0.3) is 0 Å². The van der Waals surface area contributed by atoms with Crippen molar-refractivity contribution in [2.24, 2.45) is 0 Å². The molecule has 3 rings (SSSR count). The van der Waals surface area contributed by atoms with E-state index in [-0.39, 0.29) is 11.8 Å². The van der Waals surface area contributed by atoms with Crippen LogP contribution in [-0.4, -0.2) is 29.0 Å². The van der Waals surface area contributed by atoms with Gasteiger partial charge in [-0.15, -0.1) is 11.8 Å². The molecule has 0 bridgehead atoms. The van der Waals surface area contributed by atoms with E-state index in [2.05, 4.69) is 33.4 Å². The van der Waals surface area contributed by atoms with Crippen LogP contribution in [0.1, 0.15) is 30.4 Å². The first-order valence-electron chi connectivity index (χ1n) is 9.11. The number of thioether (sulfide) groups is 1. The molecular formula is C21H23BrN2O2S. The lowest BCUT2D eigenvalue weighted by molar-refractivity contribution is -0.132. The molecule has 2 aromatic rings. The van der Waals surface area contributed by atoms with Crippen LogP contribution in [-0.2, 0) is 22.7 Å². The Balaban J connectivity index is 1.27. The SMILES string of the molecule is O=C(CCSc1ccc(Br)cc1)NCCCC(=O)N1Cc2ccccc2C1. The first-order valence-corrected chi connectivity index (χ1v) is 10.9. The normalized spacial score (nSPS) is 12.7. The molecule has 0 atom stereocenters. The molecular weight excluding hydrogens is 424 g/mol. The summed E-state index contributed by atoms with van der Waals surface area (Å²) in [7, 11) is 0. The highest BCUT2D eigenvalue weighted by atomic mass is 79.9. The van der Waals surface area contributed by atoms with Crippen molar-refractivity contribution in [2.75, 3.05) is 12.3 Å². The summed E-state index contributed by atoms with van der Waals surface area (Å²) in [6.07, 6.45) is 1.63. The number of nitrogens with one attached hydrogen (secondary N) is 1. The van der Waals surface area contributed by atoms with Gasteiger partial charge in [0.1, 0.15) is 0 Å². The third-order valence-corrected chi connectivity index (χ3v) is 6.04. The Morgan fingerprint density at radius 3 is 2.33 bits per heavy atom. The Labute approximate surface area is 172 Å². The van der Waals surface area contributed by atoms with Crippen molar-refractivity contribution >= 4 is 39.5 Å². The average Bonchev–Trinajstić information content (AvgIpc) is 3.11. The van der Waals surface area contributed by atoms with E-state index < -0.39 is 0 Å². The van der Waals surface area contributed by atoms with Gasteiger partial charge in [0, 0.05) is 47.6 Å². The molecule has 0 fully saturated rings. The van der Waals surface area contributed by atoms with E-state index in [9.17, 15) is 9.59 Å². The summed E-state index contributed by atoms with van der Waals surface area (Å²) < 4.78 is 1.05. The second-order valence-electron chi connectivity index (χ2n) is 6.52. The van der Waals surface area contributed by atoms with Gasteiger partial charge in [-0.05, 0) is 41.8 Å². The molecule has 0 saturated heterocycles. The maximum Gasteiger partial charge on any atom is 0.223 e. The number of benzene rings is 2. The van der Waals surface area contributed by atoms with E-state index in [1.165, 1.54) is 11.1 Å². The van der Waals surface area contributed by atoms with Crippen molar-refractivity contribution in [1.29, 1.82) is 0 Å². The number of hydrogen-bond acceptors (Lipinski definition) is 3. The zero-order valence-corrected chi connectivity index (χ0v) is 17.5. The molecule has 1 aliphatic heterocycles. The molecule has 0 aliphatic carbocycles. The standard InChI is InChI=1S/C21H23BrN2O2S/c22-18-7-9-19(10-8-18)27-13-11-20(25)23-12-3-6-21(26)24-14-16-4-1-2-5-17(16)15-24/h1-2,4-5,7-10H,3,6,11-15H2,(H,23,25). The quantitative estimate of drug-likeness (QED) is 0.483. The second kappa shape index (κ2) is 9.95. The summed E-state index contributed by atoms with van der Waals surface area (Å²) in [6, 6.07) is 16.2. The fourth-order valence-corrected chi connectivity index (χ4v) is 4.13. The maximum atomic E-state index is 12.3. The van der Waals surface area contributed by atoms with Gasteiger partial charge in [-0.2, -0.15) is 0 Å². The lowest BCUT2D eigenvalue weighted by Crippen LogP contribution is -2.28. The second-order valence-corrected chi connectivity index (χ2v) is 8.61. The Kier molecular flexibility index (Phi) is 7.35. The van der Waals surface area contributed by atoms with Gasteiger partial charge in [0.15, 0.2) is 0 Å². The Morgan fingerprint density at radius 1 is 1.00 bits per heavy atom. The molecule has 1 N–H and O–H groups in total. The van der Waals surface area contributed by atoms with E-state index >= 15 is 0 Å². The third-order valence-electron chi connectivity index (χ3n) is 4.49. The molecule has 6 heteroatoms. The number of amides is 2. The summed E-state index contributed by atoms with van der Waals surface area (Å²) in [5.41, 5.74) is 2.48. The minimum absolute atomic E-state index is 0.0423. The van der Waals surface area contributed by atoms with Crippen molar-refractivity contribution in [3.8, 4) is 0 Å². The van der Waals surface area contributed by atoms with Crippen LogP contribution in [0.15, 0.2) is 57.9 Å². The van der Waals surface area contributed by atoms with Crippen LogP contribution >= 0.6 is 27.7 Å². The largest absolute Gasteiger partial charge is 0.356 e. The van der Waals surface area contributed by atoms with Gasteiger partial charge >= 0.3 is 0 Å². The fraction of sp³-hybridized carbons (Fsp3) is 0.333. The average molecular weight is 447 g/mol. The molecule has 4 nitrogen and oxygen atoms in total. The summed E-state index contributed by atoms with van der Waals surface area (Å²) in [5, 5.41) is 2.91. The van der Waals surface area contributed by atoms with Gasteiger partial charge < -0.3 is 10.2 Å². The molecule has 27 heavy (non-hydrogen) atoms. The predicted octanol–water partition coefficient (Wildman–Crippen LogP) is 4.37. The zero-order chi connectivity index (χ0) is 19.1. The maximum absolute atomic E-state index is 12.3. The molecule has 0 saturated carbocycles. The minimum atomic E-state index is 0.0423. The van der Waals surface area contributed by atoms with Gasteiger partial charge in [0.2, 0.25) is 11.8 Å². The molecule has 1 heterocycles. The highest BCUT2D eigenvalue weighted by molar-refractivity contribution is 9.10. The number of nitrogens with zero attached hydrogens (tertiary/aromatic N) is 1. The van der Waals surface area contributed by atoms with E-state index in [1.807, 2.05) is 41.3 Å². The van der Waals surface area contributed by atoms with Crippen LogP contribution in [0.4, 0.5) is 0 Å². The van der Waals surface area contributed by atoms with Gasteiger partial charge in [0.25, 0.3) is 0 Å². The van der Waals surface area contributed by atoms with Crippen LogP contribution in [0.3, 0.4) is 0 Å². The smallest absolute Gasteiger partial charge is 0.223 e. The van der Waals surface area contributed by atoms with Gasteiger partial charge in [-0.25, -0.2) is 0 Å². The molecule has 2 aromatic carbocycles. The number of carbonyl (C=O) groups excluding carboxylic acids is 2. The summed E-state index contributed by atoms with van der Waals surface area (Å²) in [4.78, 5) is 27.3. The number of rotatable bonds is 8. The zero-order valence-electron chi connectivity index (χ0n) is 15.1. The molecule has 0 spiro atoms. The van der Waals surface area contributed by atoms with Crippen LogP contribution in [0.5, 0.6) is 0 Å². The highest BCUT2D eigenvalue weighted by Gasteiger charge is 2.22. The summed E-state index contributed by atoms with van der Waals surface area (Å²) in [6.45, 7) is 1.96. The highest BCUT2D eigenvalue weighted by Crippen LogP contribution is 2.23. The third kappa shape index (κ3) is 6.11. The molecule has 142 valence electrons. The van der Waals surface area contributed by atoms with Gasteiger partial charge in [-0.1, -0.05) is 40.2 Å². The molecule has 2 amide bonds. The van der Waals surface area contributed by atoms with Crippen molar-refractivity contribution in [2.45, 2.75) is 37.2 Å². The Morgan fingerprint density at radius 2 is 1.67 bits per heavy atom. The molecule has 0 radical (unpaired) electrons. The summed E-state index contributed by atoms with van der Waals surface area (Å²) in [5.74, 6) is 0.949. The number of halogens is 1. The van der Waals surface area contributed by atoms with Crippen molar-refractivity contribution in [1.82, 2.24) is 10.2 Å². The van der Waals surface area contributed by atoms with Gasteiger partial charge in [-0.3, -0.25) is 9.59 Å². The Bertz CT molecular complexity index is 770. The van der Waals surface area contributed by atoms with Crippen molar-refractivity contribution < 1.29 is 9.59 Å². The van der Waals surface area contributed by atoms with Crippen LogP contribution in [0.2, 0.25) is 0 Å². The fourth-order valence-electron chi connectivity index (χ4n) is 3.02. The molecule has 0 unspecified atom stereocenters. The van der Waals surface area contributed by atoms with Gasteiger partial charge in [0.05, 0.1) is 0 Å². The topological polar surface area (TPSA) is 49.4 Å². The molecule has 0 aromatic heterocycles. The van der Waals surface area contributed by atoms with E-state index in [4.69, 9.17) is 0 Å². The van der Waals surface area contributed by atoms with Crippen LogP contribution in [0, 0.1) is 0 Å². The monoisotopic (exact) mass is 446 g/mol. The van der Waals surface area contributed by atoms with Crippen molar-refractivity contribution in [3.63, 3.8) is 0 Å². The number of carbonyl (C=O) groups is 2. The molecule has 1 aliphatic rings. The van der Waals surface area contributed by atoms with Crippen molar-refractivity contribution in [3.05, 3.63) is 64.1 Å². The number of hydrogen-bond donors (Lipinski definition) is 1. The lowest BCUT2D eigenvalue weighted by Gasteiger charge is -2.15. The Hall–Kier alpha value is -1.79. The first kappa shape index (κ1) is 20.0.